The molecule has 0 aromatic rings. The summed E-state index contributed by atoms with van der Waals surface area (Å²) in [4.78, 5) is 11.5. The summed E-state index contributed by atoms with van der Waals surface area (Å²) in [5, 5.41) is 8.29. The molecule has 0 unspecified atom stereocenters. The van der Waals surface area contributed by atoms with Crippen LogP contribution < -0.4 is 0 Å². The Morgan fingerprint density at radius 3 is 2.75 bits per heavy atom. The van der Waals surface area contributed by atoms with Crippen molar-refractivity contribution in [2.24, 2.45) is 10.2 Å². The molecule has 0 saturated heterocycles. The van der Waals surface area contributed by atoms with Gasteiger partial charge in [-0.2, -0.15) is 10.2 Å². The number of carbonyl (C=O) groups is 1. The zero-order chi connectivity index (χ0) is 11.0. The lowest BCUT2D eigenvalue weighted by molar-refractivity contribution is -0.117. The Morgan fingerprint density at radius 1 is 0.938 bits per heavy atom. The van der Waals surface area contributed by atoms with Gasteiger partial charge in [0.25, 0.3) is 0 Å². The van der Waals surface area contributed by atoms with Crippen LogP contribution in [0.2, 0.25) is 0 Å². The SMILES string of the molecule is O=C1CN=NC2=C(C1)CC1=C2CCCCC1. The fourth-order valence-corrected chi connectivity index (χ4v) is 2.94. The topological polar surface area (TPSA) is 41.8 Å². The van der Waals surface area contributed by atoms with E-state index in [1.807, 2.05) is 0 Å². The van der Waals surface area contributed by atoms with Gasteiger partial charge in [-0.25, -0.2) is 0 Å². The summed E-state index contributed by atoms with van der Waals surface area (Å²) in [5.74, 6) is 0.214. The van der Waals surface area contributed by atoms with E-state index in [1.54, 1.807) is 0 Å². The minimum atomic E-state index is 0.214. The van der Waals surface area contributed by atoms with E-state index in [1.165, 1.54) is 42.4 Å². The van der Waals surface area contributed by atoms with Gasteiger partial charge in [0.2, 0.25) is 0 Å². The van der Waals surface area contributed by atoms with Crippen molar-refractivity contribution in [3.05, 3.63) is 22.4 Å². The maximum absolute atomic E-state index is 11.5. The maximum Gasteiger partial charge on any atom is 0.160 e. The van der Waals surface area contributed by atoms with Crippen molar-refractivity contribution in [2.75, 3.05) is 6.54 Å². The smallest absolute Gasteiger partial charge is 0.160 e. The van der Waals surface area contributed by atoms with Crippen LogP contribution in [-0.2, 0) is 4.79 Å². The molecular weight excluding hydrogens is 200 g/mol. The molecule has 0 aromatic carbocycles. The van der Waals surface area contributed by atoms with Crippen LogP contribution in [0.15, 0.2) is 32.6 Å². The van der Waals surface area contributed by atoms with Gasteiger partial charge in [-0.1, -0.05) is 12.0 Å². The van der Waals surface area contributed by atoms with Crippen LogP contribution in [-0.4, -0.2) is 12.3 Å². The Hall–Kier alpha value is -1.25. The van der Waals surface area contributed by atoms with Crippen molar-refractivity contribution < 1.29 is 4.79 Å². The molecule has 0 aromatic heterocycles. The molecule has 0 N–H and O–H groups in total. The Labute approximate surface area is 95.3 Å². The highest BCUT2D eigenvalue weighted by atomic mass is 16.1. The zero-order valence-electron chi connectivity index (χ0n) is 9.46. The van der Waals surface area contributed by atoms with Gasteiger partial charge in [-0.15, -0.1) is 0 Å². The molecule has 0 radical (unpaired) electrons. The first-order valence-electron chi connectivity index (χ1n) is 6.17. The van der Waals surface area contributed by atoms with Gasteiger partial charge in [-0.05, 0) is 43.3 Å². The molecule has 0 atom stereocenters. The maximum atomic E-state index is 11.5. The fourth-order valence-electron chi connectivity index (χ4n) is 2.94. The van der Waals surface area contributed by atoms with Crippen molar-refractivity contribution in [1.29, 1.82) is 0 Å². The monoisotopic (exact) mass is 216 g/mol. The van der Waals surface area contributed by atoms with Gasteiger partial charge in [0.15, 0.2) is 5.78 Å². The molecule has 2 aliphatic carbocycles. The minimum Gasteiger partial charge on any atom is -0.297 e. The van der Waals surface area contributed by atoms with Crippen LogP contribution >= 0.6 is 0 Å². The third-order valence-corrected chi connectivity index (χ3v) is 3.71. The number of hydrogen-bond acceptors (Lipinski definition) is 3. The molecule has 1 aliphatic heterocycles. The summed E-state index contributed by atoms with van der Waals surface area (Å²) >= 11 is 0. The number of carbonyl (C=O) groups excluding carboxylic acids is 1. The Kier molecular flexibility index (Phi) is 2.46. The summed E-state index contributed by atoms with van der Waals surface area (Å²) < 4.78 is 0. The number of azo groups is 1. The third kappa shape index (κ3) is 1.64. The number of nitrogens with zero attached hydrogens (tertiary/aromatic N) is 2. The molecule has 3 nitrogen and oxygen atoms in total. The van der Waals surface area contributed by atoms with E-state index in [-0.39, 0.29) is 12.3 Å². The van der Waals surface area contributed by atoms with Crippen LogP contribution in [0.4, 0.5) is 0 Å². The number of Topliss-reactive ketones (excluding diaryl/α,β-unsaturated/α-hetero) is 1. The second kappa shape index (κ2) is 3.96. The summed E-state index contributed by atoms with van der Waals surface area (Å²) in [7, 11) is 0. The van der Waals surface area contributed by atoms with E-state index in [0.29, 0.717) is 6.42 Å². The predicted octanol–water partition coefficient (Wildman–Crippen LogP) is 3.33. The standard InChI is InChI=1S/C13H16N2O/c16-11-7-10-6-9-4-2-1-3-5-12(9)13(10)15-14-8-11/h1-8H2. The molecule has 3 heteroatoms. The van der Waals surface area contributed by atoms with Crippen LogP contribution in [0.5, 0.6) is 0 Å². The first-order valence-corrected chi connectivity index (χ1v) is 6.17. The van der Waals surface area contributed by atoms with Gasteiger partial charge < -0.3 is 0 Å². The Bertz CT molecular complexity index is 429. The lowest BCUT2D eigenvalue weighted by Crippen LogP contribution is -2.01. The van der Waals surface area contributed by atoms with E-state index < -0.39 is 0 Å². The summed E-state index contributed by atoms with van der Waals surface area (Å²) in [6.07, 6.45) is 7.80. The molecule has 16 heavy (non-hydrogen) atoms. The Balaban J connectivity index is 1.95. The molecule has 3 rings (SSSR count). The average Bonchev–Trinajstić information content (AvgIpc) is 2.48. The van der Waals surface area contributed by atoms with E-state index in [4.69, 9.17) is 0 Å². The normalized spacial score (nSPS) is 25.4. The fraction of sp³-hybridized carbons (Fsp3) is 0.615. The van der Waals surface area contributed by atoms with E-state index in [2.05, 4.69) is 10.2 Å². The van der Waals surface area contributed by atoms with Gasteiger partial charge in [-0.3, -0.25) is 4.79 Å². The summed E-state index contributed by atoms with van der Waals surface area (Å²) in [6, 6.07) is 0. The molecule has 0 spiro atoms. The number of fused-ring (bicyclic) bond motifs is 1. The average molecular weight is 216 g/mol. The summed E-state index contributed by atoms with van der Waals surface area (Å²) in [6.45, 7) is 0.273. The van der Waals surface area contributed by atoms with Crippen molar-refractivity contribution in [3.8, 4) is 0 Å². The number of hydrogen-bond donors (Lipinski definition) is 0. The third-order valence-electron chi connectivity index (χ3n) is 3.71. The van der Waals surface area contributed by atoms with Crippen LogP contribution in [0, 0.1) is 0 Å². The number of ketones is 1. The quantitative estimate of drug-likeness (QED) is 0.612. The molecule has 0 amide bonds. The van der Waals surface area contributed by atoms with Crippen LogP contribution in [0.3, 0.4) is 0 Å². The van der Waals surface area contributed by atoms with Gasteiger partial charge in [0, 0.05) is 6.42 Å². The molecule has 1 heterocycles. The second-order valence-corrected chi connectivity index (χ2v) is 4.89. The van der Waals surface area contributed by atoms with Gasteiger partial charge >= 0.3 is 0 Å². The highest BCUT2D eigenvalue weighted by molar-refractivity contribution is 5.84. The van der Waals surface area contributed by atoms with Crippen molar-refractivity contribution >= 4 is 5.78 Å². The molecule has 0 fully saturated rings. The lowest BCUT2D eigenvalue weighted by atomic mass is 10.0. The zero-order valence-corrected chi connectivity index (χ0v) is 9.46. The predicted molar refractivity (Wildman–Crippen MR) is 61.1 cm³/mol. The first kappa shape index (κ1) is 9.94. The van der Waals surface area contributed by atoms with E-state index in [9.17, 15) is 4.79 Å². The van der Waals surface area contributed by atoms with Gasteiger partial charge in [0.1, 0.15) is 6.54 Å². The van der Waals surface area contributed by atoms with Crippen LogP contribution in [0.1, 0.15) is 44.9 Å². The highest BCUT2D eigenvalue weighted by Crippen LogP contribution is 2.42. The molecule has 0 bridgehead atoms. The van der Waals surface area contributed by atoms with Crippen molar-refractivity contribution in [1.82, 2.24) is 0 Å². The van der Waals surface area contributed by atoms with E-state index in [0.717, 1.165) is 18.5 Å². The Morgan fingerprint density at radius 2 is 1.81 bits per heavy atom. The highest BCUT2D eigenvalue weighted by Gasteiger charge is 2.27. The van der Waals surface area contributed by atoms with Crippen molar-refractivity contribution in [2.45, 2.75) is 44.9 Å². The first-order chi connectivity index (χ1) is 7.84. The molecule has 0 saturated carbocycles. The minimum absolute atomic E-state index is 0.214. The second-order valence-electron chi connectivity index (χ2n) is 4.89. The molecule has 3 aliphatic rings. The summed E-state index contributed by atoms with van der Waals surface area (Å²) in [5.41, 5.74) is 5.27. The number of rotatable bonds is 0. The van der Waals surface area contributed by atoms with Gasteiger partial charge in [0.05, 0.1) is 5.70 Å². The molecule has 84 valence electrons. The van der Waals surface area contributed by atoms with Crippen LogP contribution in [0.25, 0.3) is 0 Å². The van der Waals surface area contributed by atoms with E-state index >= 15 is 0 Å². The van der Waals surface area contributed by atoms with Crippen molar-refractivity contribution in [3.63, 3.8) is 0 Å². The largest absolute Gasteiger partial charge is 0.297 e. The number of allylic oxidation sites excluding steroid dienone is 3. The molecular formula is C13H16N2O. The lowest BCUT2D eigenvalue weighted by Gasteiger charge is -2.02.